The zero-order chi connectivity index (χ0) is 22.9. The van der Waals surface area contributed by atoms with Crippen LogP contribution in [0.15, 0.2) is 71.8 Å². The molecule has 0 aromatic heterocycles. The van der Waals surface area contributed by atoms with Crippen LogP contribution in [0, 0.1) is 10.1 Å². The summed E-state index contributed by atoms with van der Waals surface area (Å²) in [6.07, 6.45) is 0.481. The number of hydrazone groups is 1. The second-order valence-corrected chi connectivity index (χ2v) is 7.90. The molecule has 10 heteroatoms. The molecule has 0 bridgehead atoms. The third-order valence-electron chi connectivity index (χ3n) is 5.41. The van der Waals surface area contributed by atoms with E-state index >= 15 is 0 Å². The van der Waals surface area contributed by atoms with Gasteiger partial charge in [0.25, 0.3) is 5.69 Å². The lowest BCUT2D eigenvalue weighted by atomic mass is 9.98. The first-order valence-corrected chi connectivity index (χ1v) is 10.4. The minimum atomic E-state index is -0.496. The van der Waals surface area contributed by atoms with Gasteiger partial charge in [-0.3, -0.25) is 10.1 Å². The molecule has 166 valence electrons. The van der Waals surface area contributed by atoms with Crippen molar-refractivity contribution in [3.8, 4) is 11.5 Å². The molecule has 5 rings (SSSR count). The fourth-order valence-corrected chi connectivity index (χ4v) is 3.87. The number of fused-ring (bicyclic) bond motifs is 1. The lowest BCUT2D eigenvalue weighted by Gasteiger charge is -2.22. The summed E-state index contributed by atoms with van der Waals surface area (Å²) in [4.78, 5) is 23.6. The number of anilines is 1. The van der Waals surface area contributed by atoms with Crippen molar-refractivity contribution in [1.82, 2.24) is 5.01 Å². The highest BCUT2D eigenvalue weighted by molar-refractivity contribution is 6.30. The Bertz CT molecular complexity index is 1260. The molecule has 3 aromatic rings. The summed E-state index contributed by atoms with van der Waals surface area (Å²) >= 11 is 6.01. The van der Waals surface area contributed by atoms with Crippen LogP contribution in [0.2, 0.25) is 5.02 Å². The summed E-state index contributed by atoms with van der Waals surface area (Å²) in [5.41, 5.74) is 2.79. The van der Waals surface area contributed by atoms with Crippen LogP contribution in [0.4, 0.5) is 16.2 Å². The van der Waals surface area contributed by atoms with Gasteiger partial charge in [0.15, 0.2) is 11.5 Å². The normalized spacial score (nSPS) is 16.5. The van der Waals surface area contributed by atoms with Crippen molar-refractivity contribution in [1.29, 1.82) is 0 Å². The molecule has 2 aliphatic rings. The quantitative estimate of drug-likeness (QED) is 0.413. The molecule has 0 radical (unpaired) electrons. The molecule has 1 atom stereocenters. The van der Waals surface area contributed by atoms with E-state index in [0.29, 0.717) is 28.6 Å². The number of nitro benzene ring substituents is 1. The van der Waals surface area contributed by atoms with Crippen LogP contribution in [-0.2, 0) is 0 Å². The number of rotatable bonds is 4. The molecule has 0 saturated carbocycles. The highest BCUT2D eigenvalue weighted by Gasteiger charge is 2.34. The van der Waals surface area contributed by atoms with Crippen LogP contribution in [0.5, 0.6) is 11.5 Å². The number of ether oxygens (including phenoxy) is 2. The SMILES string of the molecule is O=C(Nc1ccc([N+](=O)[O-])cc1)N1N=C(c2ccc(Cl)cc2)CC1c1ccc2c(c1)OCO2. The van der Waals surface area contributed by atoms with E-state index in [1.165, 1.54) is 29.3 Å². The molecule has 0 fully saturated rings. The number of halogens is 1. The van der Waals surface area contributed by atoms with Crippen molar-refractivity contribution in [2.24, 2.45) is 5.10 Å². The van der Waals surface area contributed by atoms with E-state index in [-0.39, 0.29) is 18.5 Å². The first-order valence-electron chi connectivity index (χ1n) is 10.1. The van der Waals surface area contributed by atoms with E-state index in [4.69, 9.17) is 21.1 Å². The summed E-state index contributed by atoms with van der Waals surface area (Å²) in [6, 6.07) is 17.6. The van der Waals surface area contributed by atoms with E-state index in [1.54, 1.807) is 12.1 Å². The average Bonchev–Trinajstić information content (AvgIpc) is 3.47. The zero-order valence-corrected chi connectivity index (χ0v) is 17.9. The lowest BCUT2D eigenvalue weighted by molar-refractivity contribution is -0.384. The summed E-state index contributed by atoms with van der Waals surface area (Å²) in [5, 5.41) is 20.2. The second-order valence-electron chi connectivity index (χ2n) is 7.46. The van der Waals surface area contributed by atoms with Gasteiger partial charge in [-0.25, -0.2) is 9.80 Å². The van der Waals surface area contributed by atoms with E-state index in [9.17, 15) is 14.9 Å². The fraction of sp³-hybridized carbons (Fsp3) is 0.130. The highest BCUT2D eigenvalue weighted by Crippen LogP contribution is 2.39. The van der Waals surface area contributed by atoms with E-state index in [0.717, 1.165) is 16.8 Å². The molecule has 1 unspecified atom stereocenters. The zero-order valence-electron chi connectivity index (χ0n) is 17.1. The third kappa shape index (κ3) is 4.18. The summed E-state index contributed by atoms with van der Waals surface area (Å²) in [5.74, 6) is 1.26. The van der Waals surface area contributed by atoms with Gasteiger partial charge in [-0.05, 0) is 47.5 Å². The average molecular weight is 465 g/mol. The van der Waals surface area contributed by atoms with Crippen molar-refractivity contribution in [3.05, 3.63) is 93.0 Å². The standard InChI is InChI=1S/C23H17ClN4O5/c24-16-4-1-14(2-5-16)19-12-20(15-3-10-21-22(11-15)33-13-32-21)27(26-19)23(29)25-17-6-8-18(9-7-17)28(30)31/h1-11,20H,12-13H2,(H,25,29). The Morgan fingerprint density at radius 3 is 2.52 bits per heavy atom. The number of hydrogen-bond acceptors (Lipinski definition) is 6. The van der Waals surface area contributed by atoms with Crippen molar-refractivity contribution >= 4 is 34.7 Å². The maximum absolute atomic E-state index is 13.2. The van der Waals surface area contributed by atoms with E-state index < -0.39 is 11.0 Å². The Labute approximate surface area is 193 Å². The number of carbonyl (C=O) groups is 1. The van der Waals surface area contributed by atoms with Gasteiger partial charge >= 0.3 is 6.03 Å². The van der Waals surface area contributed by atoms with Crippen LogP contribution >= 0.6 is 11.6 Å². The van der Waals surface area contributed by atoms with Crippen LogP contribution in [0.3, 0.4) is 0 Å². The monoisotopic (exact) mass is 464 g/mol. The number of amides is 2. The smallest absolute Gasteiger partial charge is 0.342 e. The maximum Gasteiger partial charge on any atom is 0.342 e. The van der Waals surface area contributed by atoms with Crippen molar-refractivity contribution < 1.29 is 19.2 Å². The van der Waals surface area contributed by atoms with Gasteiger partial charge in [-0.15, -0.1) is 0 Å². The van der Waals surface area contributed by atoms with E-state index in [1.807, 2.05) is 30.3 Å². The minimum Gasteiger partial charge on any atom is -0.454 e. The molecule has 0 spiro atoms. The third-order valence-corrected chi connectivity index (χ3v) is 5.66. The number of nitro groups is 1. The summed E-state index contributed by atoms with van der Waals surface area (Å²) in [7, 11) is 0. The van der Waals surface area contributed by atoms with E-state index in [2.05, 4.69) is 10.4 Å². The van der Waals surface area contributed by atoms with Crippen molar-refractivity contribution in [2.45, 2.75) is 12.5 Å². The van der Waals surface area contributed by atoms with Crippen LogP contribution in [0.25, 0.3) is 0 Å². The molecular formula is C23H17ClN4O5. The first-order chi connectivity index (χ1) is 16.0. The molecular weight excluding hydrogens is 448 g/mol. The topological polar surface area (TPSA) is 106 Å². The van der Waals surface area contributed by atoms with Crippen molar-refractivity contribution in [2.75, 3.05) is 12.1 Å². The number of carbonyl (C=O) groups excluding carboxylic acids is 1. The number of nitrogens with zero attached hydrogens (tertiary/aromatic N) is 3. The summed E-state index contributed by atoms with van der Waals surface area (Å²) in [6.45, 7) is 0.153. The molecule has 3 aromatic carbocycles. The molecule has 33 heavy (non-hydrogen) atoms. The maximum atomic E-state index is 13.2. The Kier molecular flexibility index (Phi) is 5.31. The Hall–Kier alpha value is -4.11. The minimum absolute atomic E-state index is 0.0598. The number of benzene rings is 3. The van der Waals surface area contributed by atoms with Gasteiger partial charge in [0.2, 0.25) is 6.79 Å². The predicted molar refractivity (Wildman–Crippen MR) is 122 cm³/mol. The van der Waals surface area contributed by atoms with Gasteiger partial charge in [-0.2, -0.15) is 5.10 Å². The van der Waals surface area contributed by atoms with Gasteiger partial charge in [0, 0.05) is 29.3 Å². The fourth-order valence-electron chi connectivity index (χ4n) is 3.74. The number of nitrogens with one attached hydrogen (secondary N) is 1. The largest absolute Gasteiger partial charge is 0.454 e. The highest BCUT2D eigenvalue weighted by atomic mass is 35.5. The van der Waals surface area contributed by atoms with Crippen LogP contribution < -0.4 is 14.8 Å². The molecule has 2 heterocycles. The Morgan fingerprint density at radius 2 is 1.79 bits per heavy atom. The van der Waals surface area contributed by atoms with Gasteiger partial charge in [-0.1, -0.05) is 29.8 Å². The van der Waals surface area contributed by atoms with Crippen molar-refractivity contribution in [3.63, 3.8) is 0 Å². The number of non-ortho nitro benzene ring substituents is 1. The van der Waals surface area contributed by atoms with Gasteiger partial charge < -0.3 is 14.8 Å². The number of urea groups is 1. The lowest BCUT2D eigenvalue weighted by Crippen LogP contribution is -2.31. The molecule has 9 nitrogen and oxygen atoms in total. The van der Waals surface area contributed by atoms with Gasteiger partial charge in [0.1, 0.15) is 0 Å². The van der Waals surface area contributed by atoms with Crippen LogP contribution in [0.1, 0.15) is 23.6 Å². The molecule has 2 amide bonds. The molecule has 0 saturated heterocycles. The molecule has 1 N–H and O–H groups in total. The molecule has 0 aliphatic carbocycles. The van der Waals surface area contributed by atoms with Crippen LogP contribution in [-0.4, -0.2) is 28.5 Å². The first kappa shape index (κ1) is 20.8. The molecule has 2 aliphatic heterocycles. The summed E-state index contributed by atoms with van der Waals surface area (Å²) < 4.78 is 10.9. The predicted octanol–water partition coefficient (Wildman–Crippen LogP) is 5.36. The Balaban J connectivity index is 1.45. The van der Waals surface area contributed by atoms with Gasteiger partial charge in [0.05, 0.1) is 16.7 Å². The number of hydrogen-bond donors (Lipinski definition) is 1. The Morgan fingerprint density at radius 1 is 1.06 bits per heavy atom. The second kappa shape index (κ2) is 8.44.